The first kappa shape index (κ1) is 15.6. The summed E-state index contributed by atoms with van der Waals surface area (Å²) in [7, 11) is 1.89. The lowest BCUT2D eigenvalue weighted by molar-refractivity contribution is 0.0692. The number of benzene rings is 1. The van der Waals surface area contributed by atoms with Crippen LogP contribution in [0.4, 0.5) is 15.8 Å². The smallest absolute Gasteiger partial charge is 0.338 e. The van der Waals surface area contributed by atoms with E-state index in [1.54, 1.807) is 0 Å². The molecule has 0 aliphatic carbocycles. The lowest BCUT2D eigenvalue weighted by atomic mass is 10.0. The number of carboxylic acid groups (broad SMARTS) is 1. The molecular weight excluding hydrogens is 273 g/mol. The van der Waals surface area contributed by atoms with Gasteiger partial charge in [0.25, 0.3) is 0 Å². The maximum Gasteiger partial charge on any atom is 0.338 e. The Morgan fingerprint density at radius 1 is 1.48 bits per heavy atom. The summed E-state index contributed by atoms with van der Waals surface area (Å²) >= 11 is 0. The molecule has 0 saturated carbocycles. The van der Waals surface area contributed by atoms with E-state index >= 15 is 0 Å². The molecule has 1 aliphatic heterocycles. The number of likely N-dealkylation sites (tertiary alicyclic amines) is 1. The largest absolute Gasteiger partial charge is 0.478 e. The zero-order valence-electron chi connectivity index (χ0n) is 12.5. The number of aromatic carboxylic acids is 1. The summed E-state index contributed by atoms with van der Waals surface area (Å²) in [5.41, 5.74) is 6.39. The number of hydrogen-bond donors (Lipinski definition) is 2. The van der Waals surface area contributed by atoms with Crippen molar-refractivity contribution in [3.8, 4) is 0 Å². The van der Waals surface area contributed by atoms with Gasteiger partial charge in [-0.15, -0.1) is 0 Å². The van der Waals surface area contributed by atoms with Gasteiger partial charge in [-0.25, -0.2) is 9.18 Å². The van der Waals surface area contributed by atoms with Gasteiger partial charge in [0.1, 0.15) is 5.82 Å². The summed E-state index contributed by atoms with van der Waals surface area (Å²) in [5.74, 6) is -2.05. The van der Waals surface area contributed by atoms with E-state index in [0.29, 0.717) is 17.4 Å². The minimum absolute atomic E-state index is 0.296. The van der Waals surface area contributed by atoms with Crippen LogP contribution in [-0.2, 0) is 0 Å². The van der Waals surface area contributed by atoms with Gasteiger partial charge in [-0.3, -0.25) is 0 Å². The Morgan fingerprint density at radius 2 is 2.10 bits per heavy atom. The van der Waals surface area contributed by atoms with Crippen molar-refractivity contribution in [1.82, 2.24) is 4.90 Å². The fourth-order valence-corrected chi connectivity index (χ4v) is 2.87. The summed E-state index contributed by atoms with van der Waals surface area (Å²) in [4.78, 5) is 15.3. The third-order valence-corrected chi connectivity index (χ3v) is 4.28. The van der Waals surface area contributed by atoms with Crippen LogP contribution in [0.1, 0.15) is 30.1 Å². The Balaban J connectivity index is 2.18. The predicted molar refractivity (Wildman–Crippen MR) is 81.3 cm³/mol. The third-order valence-electron chi connectivity index (χ3n) is 4.28. The van der Waals surface area contributed by atoms with Crippen molar-refractivity contribution >= 4 is 17.3 Å². The van der Waals surface area contributed by atoms with Crippen LogP contribution in [0.3, 0.4) is 0 Å². The zero-order valence-corrected chi connectivity index (χ0v) is 12.5. The summed E-state index contributed by atoms with van der Waals surface area (Å²) in [6, 6.07) is 2.72. The van der Waals surface area contributed by atoms with Crippen molar-refractivity contribution in [3.05, 3.63) is 23.5 Å². The molecule has 3 N–H and O–H groups in total. The molecule has 1 aliphatic rings. The average Bonchev–Trinajstić information content (AvgIpc) is 2.48. The van der Waals surface area contributed by atoms with Gasteiger partial charge in [-0.1, -0.05) is 6.92 Å². The maximum atomic E-state index is 13.9. The number of nitrogens with zero attached hydrogens (tertiary/aromatic N) is 2. The first-order valence-corrected chi connectivity index (χ1v) is 7.21. The van der Waals surface area contributed by atoms with Crippen molar-refractivity contribution in [1.29, 1.82) is 0 Å². The second-order valence-electron chi connectivity index (χ2n) is 5.47. The van der Waals surface area contributed by atoms with Crippen LogP contribution in [0.15, 0.2) is 12.1 Å². The normalized spacial score (nSPS) is 16.9. The SMILES string of the molecule is CCN1CCC(N(C)c2cc(F)c(C(=O)O)cc2N)CC1. The second-order valence-corrected chi connectivity index (χ2v) is 5.47. The van der Waals surface area contributed by atoms with Gasteiger partial charge in [0.15, 0.2) is 0 Å². The monoisotopic (exact) mass is 295 g/mol. The summed E-state index contributed by atoms with van der Waals surface area (Å²) in [6.45, 7) is 5.21. The number of nitrogen functional groups attached to an aromatic ring is 1. The van der Waals surface area contributed by atoms with Crippen molar-refractivity contribution < 1.29 is 14.3 Å². The lowest BCUT2D eigenvalue weighted by Crippen LogP contribution is -2.43. The highest BCUT2D eigenvalue weighted by Gasteiger charge is 2.24. The lowest BCUT2D eigenvalue weighted by Gasteiger charge is -2.37. The van der Waals surface area contributed by atoms with Gasteiger partial charge in [-0.05, 0) is 25.5 Å². The number of piperidine rings is 1. The van der Waals surface area contributed by atoms with E-state index in [1.165, 1.54) is 12.1 Å². The van der Waals surface area contributed by atoms with Crippen molar-refractivity contribution in [2.45, 2.75) is 25.8 Å². The maximum absolute atomic E-state index is 13.9. The molecule has 0 amide bonds. The highest BCUT2D eigenvalue weighted by atomic mass is 19.1. The molecule has 0 spiro atoms. The standard InChI is InChI=1S/C15H22FN3O2/c1-3-19-6-4-10(5-7-19)18(2)14-9-12(16)11(15(20)21)8-13(14)17/h8-10H,3-7,17H2,1-2H3,(H,20,21). The van der Waals surface area contributed by atoms with E-state index in [2.05, 4.69) is 11.8 Å². The average molecular weight is 295 g/mol. The van der Waals surface area contributed by atoms with Gasteiger partial charge >= 0.3 is 5.97 Å². The first-order valence-electron chi connectivity index (χ1n) is 7.21. The molecule has 1 aromatic carbocycles. The summed E-state index contributed by atoms with van der Waals surface area (Å²) in [6.07, 6.45) is 1.98. The molecule has 5 nitrogen and oxygen atoms in total. The molecule has 6 heteroatoms. The molecule has 116 valence electrons. The summed E-state index contributed by atoms with van der Waals surface area (Å²) < 4.78 is 13.9. The van der Waals surface area contributed by atoms with Crippen molar-refractivity contribution in [3.63, 3.8) is 0 Å². The molecule has 1 heterocycles. The van der Waals surface area contributed by atoms with Gasteiger partial charge in [-0.2, -0.15) is 0 Å². The minimum atomic E-state index is -1.30. The third kappa shape index (κ3) is 3.26. The van der Waals surface area contributed by atoms with Crippen LogP contribution < -0.4 is 10.6 Å². The summed E-state index contributed by atoms with van der Waals surface area (Å²) in [5, 5.41) is 8.91. The molecule has 1 saturated heterocycles. The highest BCUT2D eigenvalue weighted by molar-refractivity contribution is 5.91. The fourth-order valence-electron chi connectivity index (χ4n) is 2.87. The predicted octanol–water partition coefficient (Wildman–Crippen LogP) is 2.03. The highest BCUT2D eigenvalue weighted by Crippen LogP contribution is 2.30. The molecule has 1 aromatic rings. The molecule has 21 heavy (non-hydrogen) atoms. The number of halogens is 1. The van der Waals surface area contributed by atoms with Crippen LogP contribution in [-0.4, -0.2) is 48.7 Å². The topological polar surface area (TPSA) is 69.8 Å². The number of nitrogens with two attached hydrogens (primary N) is 1. The number of rotatable bonds is 4. The zero-order chi connectivity index (χ0) is 15.6. The van der Waals surface area contributed by atoms with E-state index in [4.69, 9.17) is 10.8 Å². The first-order chi connectivity index (χ1) is 9.93. The van der Waals surface area contributed by atoms with Crippen molar-refractivity contribution in [2.75, 3.05) is 37.3 Å². The van der Waals surface area contributed by atoms with E-state index in [1.807, 2.05) is 11.9 Å². The molecular formula is C15H22FN3O2. The molecule has 0 unspecified atom stereocenters. The second kappa shape index (κ2) is 6.30. The van der Waals surface area contributed by atoms with Crippen LogP contribution in [0.5, 0.6) is 0 Å². The quantitative estimate of drug-likeness (QED) is 0.832. The Hall–Kier alpha value is -1.82. The van der Waals surface area contributed by atoms with E-state index in [0.717, 1.165) is 32.5 Å². The van der Waals surface area contributed by atoms with Crippen LogP contribution in [0.2, 0.25) is 0 Å². The minimum Gasteiger partial charge on any atom is -0.478 e. The van der Waals surface area contributed by atoms with E-state index in [-0.39, 0.29) is 5.56 Å². The molecule has 0 aromatic heterocycles. The van der Waals surface area contributed by atoms with Gasteiger partial charge in [0.05, 0.1) is 16.9 Å². The molecule has 0 atom stereocenters. The molecule has 0 bridgehead atoms. The van der Waals surface area contributed by atoms with Gasteiger partial charge in [0, 0.05) is 32.2 Å². The van der Waals surface area contributed by atoms with Crippen LogP contribution in [0, 0.1) is 5.82 Å². The number of carboxylic acids is 1. The Labute approximate surface area is 124 Å². The molecule has 1 fully saturated rings. The number of carbonyl (C=O) groups is 1. The van der Waals surface area contributed by atoms with E-state index in [9.17, 15) is 9.18 Å². The van der Waals surface area contributed by atoms with Gasteiger partial charge in [0.2, 0.25) is 0 Å². The molecule has 0 radical (unpaired) electrons. The fraction of sp³-hybridized carbons (Fsp3) is 0.533. The number of hydrogen-bond acceptors (Lipinski definition) is 4. The van der Waals surface area contributed by atoms with Crippen molar-refractivity contribution in [2.24, 2.45) is 0 Å². The molecule has 2 rings (SSSR count). The van der Waals surface area contributed by atoms with E-state index < -0.39 is 11.8 Å². The number of anilines is 2. The van der Waals surface area contributed by atoms with Crippen LogP contribution in [0.25, 0.3) is 0 Å². The Morgan fingerprint density at radius 3 is 2.62 bits per heavy atom. The Kier molecular flexibility index (Phi) is 4.67. The Bertz CT molecular complexity index is 528. The van der Waals surface area contributed by atoms with Crippen LogP contribution >= 0.6 is 0 Å². The van der Waals surface area contributed by atoms with Gasteiger partial charge < -0.3 is 20.6 Å².